The molecule has 92 valence electrons. The van der Waals surface area contributed by atoms with Gasteiger partial charge < -0.3 is 15.2 Å². The van der Waals surface area contributed by atoms with Crippen LogP contribution in [0.3, 0.4) is 0 Å². The van der Waals surface area contributed by atoms with Crippen molar-refractivity contribution in [2.24, 2.45) is 0 Å². The number of hydrogen-bond acceptors (Lipinski definition) is 4. The molecule has 0 saturated carbocycles. The molecule has 4 nitrogen and oxygen atoms in total. The average molecular weight is 235 g/mol. The largest absolute Gasteiger partial charge is 0.462 e. The first-order valence-corrected chi connectivity index (χ1v) is 5.85. The lowest BCUT2D eigenvalue weighted by Gasteiger charge is -2.22. The summed E-state index contributed by atoms with van der Waals surface area (Å²) in [5, 5.41) is 0. The summed E-state index contributed by atoms with van der Waals surface area (Å²) in [6, 6.07) is 7.31. The summed E-state index contributed by atoms with van der Waals surface area (Å²) >= 11 is 0. The van der Waals surface area contributed by atoms with Crippen LogP contribution in [0.25, 0.3) is 0 Å². The molecule has 2 N–H and O–H groups in total. The Morgan fingerprint density at radius 2 is 2.18 bits per heavy atom. The summed E-state index contributed by atoms with van der Waals surface area (Å²) in [6.07, 6.45) is 1.88. The summed E-state index contributed by atoms with van der Waals surface area (Å²) in [5.41, 5.74) is 7.21. The number of hydrogen-bond donors (Lipinski definition) is 1. The van der Waals surface area contributed by atoms with Crippen molar-refractivity contribution in [1.82, 2.24) is 0 Å². The third kappa shape index (κ3) is 3.75. The van der Waals surface area contributed by atoms with E-state index in [2.05, 4.69) is 0 Å². The van der Waals surface area contributed by atoms with E-state index < -0.39 is 0 Å². The molecule has 1 saturated heterocycles. The van der Waals surface area contributed by atoms with E-state index in [1.165, 1.54) is 0 Å². The quantitative estimate of drug-likeness (QED) is 0.637. The minimum absolute atomic E-state index is 0.0114. The summed E-state index contributed by atoms with van der Waals surface area (Å²) in [4.78, 5) is 11.7. The van der Waals surface area contributed by atoms with Crippen LogP contribution in [0.1, 0.15) is 18.4 Å². The topological polar surface area (TPSA) is 61.6 Å². The maximum atomic E-state index is 11.7. The van der Waals surface area contributed by atoms with Gasteiger partial charge in [-0.05, 0) is 17.7 Å². The van der Waals surface area contributed by atoms with Crippen LogP contribution in [-0.2, 0) is 20.7 Å². The Labute approximate surface area is 101 Å². The molecule has 0 radical (unpaired) electrons. The van der Waals surface area contributed by atoms with Crippen molar-refractivity contribution in [3.63, 3.8) is 0 Å². The summed E-state index contributed by atoms with van der Waals surface area (Å²) < 4.78 is 10.6. The van der Waals surface area contributed by atoms with E-state index >= 15 is 0 Å². The first-order chi connectivity index (χ1) is 8.24. The van der Waals surface area contributed by atoms with Gasteiger partial charge in [-0.2, -0.15) is 0 Å². The SMILES string of the molecule is Nc1cccc(CC(=O)OC2CCOCC2)c1. The molecular weight excluding hydrogens is 218 g/mol. The number of anilines is 1. The summed E-state index contributed by atoms with van der Waals surface area (Å²) in [7, 11) is 0. The van der Waals surface area contributed by atoms with E-state index in [1.54, 1.807) is 12.1 Å². The molecule has 1 heterocycles. The molecule has 1 aromatic rings. The molecule has 0 atom stereocenters. The maximum absolute atomic E-state index is 11.7. The molecule has 0 spiro atoms. The van der Waals surface area contributed by atoms with E-state index in [4.69, 9.17) is 15.2 Å². The van der Waals surface area contributed by atoms with Crippen molar-refractivity contribution in [1.29, 1.82) is 0 Å². The molecule has 1 fully saturated rings. The van der Waals surface area contributed by atoms with Crippen LogP contribution in [0.15, 0.2) is 24.3 Å². The molecular formula is C13H17NO3. The van der Waals surface area contributed by atoms with Crippen LogP contribution in [0.2, 0.25) is 0 Å². The number of carbonyl (C=O) groups is 1. The second-order valence-electron chi connectivity index (χ2n) is 4.22. The predicted octanol–water partition coefficient (Wildman–Crippen LogP) is 1.53. The minimum Gasteiger partial charge on any atom is -0.462 e. The monoisotopic (exact) mass is 235 g/mol. The fourth-order valence-electron chi connectivity index (χ4n) is 1.89. The first kappa shape index (κ1) is 11.9. The predicted molar refractivity (Wildman–Crippen MR) is 64.5 cm³/mol. The molecule has 1 aliphatic heterocycles. The van der Waals surface area contributed by atoms with Gasteiger partial charge in [0.25, 0.3) is 0 Å². The highest BCUT2D eigenvalue weighted by molar-refractivity contribution is 5.73. The number of benzene rings is 1. The smallest absolute Gasteiger partial charge is 0.310 e. The molecule has 2 rings (SSSR count). The van der Waals surface area contributed by atoms with Gasteiger partial charge in [-0.3, -0.25) is 4.79 Å². The van der Waals surface area contributed by atoms with Crippen LogP contribution < -0.4 is 5.73 Å². The Hall–Kier alpha value is -1.55. The van der Waals surface area contributed by atoms with Crippen molar-refractivity contribution in [2.45, 2.75) is 25.4 Å². The lowest BCUT2D eigenvalue weighted by molar-refractivity contribution is -0.152. The van der Waals surface area contributed by atoms with E-state index in [-0.39, 0.29) is 18.5 Å². The van der Waals surface area contributed by atoms with Gasteiger partial charge in [0.1, 0.15) is 6.10 Å². The van der Waals surface area contributed by atoms with Crippen LogP contribution in [0.5, 0.6) is 0 Å². The van der Waals surface area contributed by atoms with Gasteiger partial charge in [-0.25, -0.2) is 0 Å². The second kappa shape index (κ2) is 5.68. The number of rotatable bonds is 3. The molecule has 0 amide bonds. The Morgan fingerprint density at radius 3 is 2.88 bits per heavy atom. The number of nitrogen functional groups attached to an aromatic ring is 1. The zero-order valence-corrected chi connectivity index (χ0v) is 9.72. The van der Waals surface area contributed by atoms with E-state index in [0.717, 1.165) is 18.4 Å². The Balaban J connectivity index is 1.84. The lowest BCUT2D eigenvalue weighted by atomic mass is 10.1. The van der Waals surface area contributed by atoms with E-state index in [9.17, 15) is 4.79 Å². The van der Waals surface area contributed by atoms with E-state index in [0.29, 0.717) is 18.9 Å². The highest BCUT2D eigenvalue weighted by Crippen LogP contribution is 2.13. The third-order valence-electron chi connectivity index (χ3n) is 2.77. The van der Waals surface area contributed by atoms with Crippen molar-refractivity contribution < 1.29 is 14.3 Å². The van der Waals surface area contributed by atoms with E-state index in [1.807, 2.05) is 12.1 Å². The fourth-order valence-corrected chi connectivity index (χ4v) is 1.89. The van der Waals surface area contributed by atoms with Crippen LogP contribution >= 0.6 is 0 Å². The molecule has 0 bridgehead atoms. The van der Waals surface area contributed by atoms with Crippen LogP contribution in [-0.4, -0.2) is 25.3 Å². The van der Waals surface area contributed by atoms with Gasteiger partial charge in [0, 0.05) is 18.5 Å². The number of esters is 1. The maximum Gasteiger partial charge on any atom is 0.310 e. The van der Waals surface area contributed by atoms with Gasteiger partial charge in [0.2, 0.25) is 0 Å². The molecule has 1 aromatic carbocycles. The van der Waals surface area contributed by atoms with Crippen molar-refractivity contribution in [3.05, 3.63) is 29.8 Å². The highest BCUT2D eigenvalue weighted by Gasteiger charge is 2.18. The van der Waals surface area contributed by atoms with Crippen LogP contribution in [0, 0.1) is 0 Å². The molecule has 1 aliphatic rings. The van der Waals surface area contributed by atoms with Gasteiger partial charge in [-0.1, -0.05) is 12.1 Å². The normalized spacial score (nSPS) is 16.7. The first-order valence-electron chi connectivity index (χ1n) is 5.85. The number of ether oxygens (including phenoxy) is 2. The highest BCUT2D eigenvalue weighted by atomic mass is 16.5. The van der Waals surface area contributed by atoms with Crippen LogP contribution in [0.4, 0.5) is 5.69 Å². The van der Waals surface area contributed by atoms with Gasteiger partial charge in [0.05, 0.1) is 19.6 Å². The van der Waals surface area contributed by atoms with Gasteiger partial charge in [0.15, 0.2) is 0 Å². The summed E-state index contributed by atoms with van der Waals surface area (Å²) in [5.74, 6) is -0.192. The van der Waals surface area contributed by atoms with Crippen molar-refractivity contribution in [3.8, 4) is 0 Å². The Kier molecular flexibility index (Phi) is 3.98. The lowest BCUT2D eigenvalue weighted by Crippen LogP contribution is -2.26. The third-order valence-corrected chi connectivity index (χ3v) is 2.77. The molecule has 0 unspecified atom stereocenters. The molecule has 0 aliphatic carbocycles. The molecule has 0 aromatic heterocycles. The Morgan fingerprint density at radius 1 is 1.41 bits per heavy atom. The number of carbonyl (C=O) groups excluding carboxylic acids is 1. The zero-order chi connectivity index (χ0) is 12.1. The zero-order valence-electron chi connectivity index (χ0n) is 9.72. The number of nitrogens with two attached hydrogens (primary N) is 1. The standard InChI is InChI=1S/C13H17NO3/c14-11-3-1-2-10(8-11)9-13(15)17-12-4-6-16-7-5-12/h1-3,8,12H,4-7,9,14H2. The second-order valence-corrected chi connectivity index (χ2v) is 4.22. The Bertz CT molecular complexity index is 386. The average Bonchev–Trinajstić information content (AvgIpc) is 2.30. The molecule has 4 heteroatoms. The molecule has 17 heavy (non-hydrogen) atoms. The minimum atomic E-state index is -0.192. The van der Waals surface area contributed by atoms with Crippen molar-refractivity contribution >= 4 is 11.7 Å². The van der Waals surface area contributed by atoms with Gasteiger partial charge >= 0.3 is 5.97 Å². The fraction of sp³-hybridized carbons (Fsp3) is 0.462. The summed E-state index contributed by atoms with van der Waals surface area (Å²) in [6.45, 7) is 1.35. The van der Waals surface area contributed by atoms with Crippen molar-refractivity contribution in [2.75, 3.05) is 18.9 Å². The van der Waals surface area contributed by atoms with Gasteiger partial charge in [-0.15, -0.1) is 0 Å².